The standard InChI is InChI=1S/C18H28N6O4/c1-10(2)7-23(9-13(25)20-14-6-12(5)22-28-14)15-16(19)24(8-11(3)4)18(27)21-17(15)26/h6,10-11H,7-9,19H2,1-5H3,(H,20,25)(H,21,26,27). The Morgan fingerprint density at radius 2 is 2.00 bits per heavy atom. The summed E-state index contributed by atoms with van der Waals surface area (Å²) in [7, 11) is 0. The molecule has 0 aromatic carbocycles. The first-order chi connectivity index (χ1) is 13.1. The quantitative estimate of drug-likeness (QED) is 0.613. The van der Waals surface area contributed by atoms with E-state index in [1.165, 1.54) is 4.57 Å². The van der Waals surface area contributed by atoms with Gasteiger partial charge in [0.05, 0.1) is 12.2 Å². The molecule has 0 atom stereocenters. The molecule has 154 valence electrons. The SMILES string of the molecule is Cc1cc(NC(=O)CN(CC(C)C)c2c(N)n(CC(C)C)c(=O)[nH]c2=O)on1. The zero-order valence-electron chi connectivity index (χ0n) is 16.9. The van der Waals surface area contributed by atoms with Crippen LogP contribution < -0.4 is 27.2 Å². The fraction of sp³-hybridized carbons (Fsp3) is 0.556. The minimum Gasteiger partial charge on any atom is -0.383 e. The minimum atomic E-state index is -0.619. The van der Waals surface area contributed by atoms with Crippen molar-refractivity contribution in [3.8, 4) is 0 Å². The van der Waals surface area contributed by atoms with E-state index in [-0.39, 0.29) is 35.8 Å². The summed E-state index contributed by atoms with van der Waals surface area (Å²) < 4.78 is 6.32. The molecule has 4 N–H and O–H groups in total. The van der Waals surface area contributed by atoms with Gasteiger partial charge in [-0.3, -0.25) is 24.5 Å². The number of hydrogen-bond donors (Lipinski definition) is 3. The van der Waals surface area contributed by atoms with E-state index in [0.29, 0.717) is 18.8 Å². The van der Waals surface area contributed by atoms with Gasteiger partial charge in [-0.25, -0.2) is 4.79 Å². The van der Waals surface area contributed by atoms with Crippen LogP contribution in [0.2, 0.25) is 0 Å². The molecule has 10 nitrogen and oxygen atoms in total. The zero-order valence-corrected chi connectivity index (χ0v) is 16.9. The second-order valence-corrected chi connectivity index (χ2v) is 7.65. The Kier molecular flexibility index (Phi) is 6.66. The van der Waals surface area contributed by atoms with Gasteiger partial charge >= 0.3 is 5.69 Å². The van der Waals surface area contributed by atoms with Crippen LogP contribution in [-0.4, -0.2) is 33.7 Å². The largest absolute Gasteiger partial charge is 0.383 e. The Labute approximate surface area is 162 Å². The Bertz CT molecular complexity index is 940. The Balaban J connectivity index is 2.38. The van der Waals surface area contributed by atoms with Gasteiger partial charge in [-0.1, -0.05) is 32.9 Å². The van der Waals surface area contributed by atoms with E-state index in [9.17, 15) is 14.4 Å². The Hall–Kier alpha value is -3.04. The fourth-order valence-corrected chi connectivity index (χ4v) is 2.88. The number of nitrogens with one attached hydrogen (secondary N) is 2. The summed E-state index contributed by atoms with van der Waals surface area (Å²) in [6, 6.07) is 1.59. The molecule has 0 saturated carbocycles. The number of aromatic nitrogens is 3. The Morgan fingerprint density at radius 3 is 2.54 bits per heavy atom. The number of amides is 1. The second-order valence-electron chi connectivity index (χ2n) is 7.65. The highest BCUT2D eigenvalue weighted by atomic mass is 16.5. The minimum absolute atomic E-state index is 0.0476. The molecule has 28 heavy (non-hydrogen) atoms. The van der Waals surface area contributed by atoms with Gasteiger partial charge in [0.15, 0.2) is 0 Å². The van der Waals surface area contributed by atoms with E-state index in [4.69, 9.17) is 10.3 Å². The zero-order chi connectivity index (χ0) is 21.0. The van der Waals surface area contributed by atoms with Crippen molar-refractivity contribution in [2.24, 2.45) is 11.8 Å². The molecule has 0 aliphatic heterocycles. The van der Waals surface area contributed by atoms with Crippen LogP contribution in [0.25, 0.3) is 0 Å². The third kappa shape index (κ3) is 5.24. The van der Waals surface area contributed by atoms with Crippen molar-refractivity contribution < 1.29 is 9.32 Å². The van der Waals surface area contributed by atoms with Gasteiger partial charge in [0.1, 0.15) is 11.5 Å². The molecule has 0 aliphatic carbocycles. The van der Waals surface area contributed by atoms with Gasteiger partial charge in [-0.15, -0.1) is 0 Å². The number of rotatable bonds is 8. The molecule has 0 unspecified atom stereocenters. The summed E-state index contributed by atoms with van der Waals surface area (Å²) in [5.41, 5.74) is 5.74. The van der Waals surface area contributed by atoms with E-state index in [1.54, 1.807) is 17.9 Å². The van der Waals surface area contributed by atoms with Crippen molar-refractivity contribution in [1.82, 2.24) is 14.7 Å². The maximum Gasteiger partial charge on any atom is 0.330 e. The summed E-state index contributed by atoms with van der Waals surface area (Å²) in [5, 5.41) is 6.32. The molecule has 2 rings (SSSR count). The fourth-order valence-electron chi connectivity index (χ4n) is 2.88. The van der Waals surface area contributed by atoms with E-state index in [0.717, 1.165) is 0 Å². The third-order valence-corrected chi connectivity index (χ3v) is 3.89. The summed E-state index contributed by atoms with van der Waals surface area (Å²) in [6.45, 7) is 10.2. The van der Waals surface area contributed by atoms with Crippen molar-refractivity contribution in [3.05, 3.63) is 32.6 Å². The number of carbonyl (C=O) groups is 1. The first-order valence-corrected chi connectivity index (χ1v) is 9.19. The third-order valence-electron chi connectivity index (χ3n) is 3.89. The maximum absolute atomic E-state index is 12.5. The lowest BCUT2D eigenvalue weighted by Crippen LogP contribution is -2.43. The molecular formula is C18H28N6O4. The lowest BCUT2D eigenvalue weighted by atomic mass is 10.2. The van der Waals surface area contributed by atoms with Crippen LogP contribution in [0.1, 0.15) is 33.4 Å². The van der Waals surface area contributed by atoms with Crippen LogP contribution in [0.5, 0.6) is 0 Å². The predicted molar refractivity (Wildman–Crippen MR) is 107 cm³/mol. The lowest BCUT2D eigenvalue weighted by Gasteiger charge is -2.27. The van der Waals surface area contributed by atoms with Crippen molar-refractivity contribution in [2.75, 3.05) is 29.0 Å². The molecule has 1 amide bonds. The smallest absolute Gasteiger partial charge is 0.330 e. The van der Waals surface area contributed by atoms with Crippen LogP contribution in [0.4, 0.5) is 17.4 Å². The van der Waals surface area contributed by atoms with E-state index < -0.39 is 17.2 Å². The molecule has 0 saturated heterocycles. The summed E-state index contributed by atoms with van der Waals surface area (Å²) >= 11 is 0. The highest BCUT2D eigenvalue weighted by molar-refractivity contribution is 5.93. The maximum atomic E-state index is 12.5. The Morgan fingerprint density at radius 1 is 1.32 bits per heavy atom. The van der Waals surface area contributed by atoms with Gasteiger partial charge in [-0.2, -0.15) is 0 Å². The van der Waals surface area contributed by atoms with E-state index in [1.807, 2.05) is 27.7 Å². The van der Waals surface area contributed by atoms with Crippen LogP contribution in [0, 0.1) is 18.8 Å². The van der Waals surface area contributed by atoms with Crippen molar-refractivity contribution >= 4 is 23.3 Å². The molecule has 0 bridgehead atoms. The molecule has 0 fully saturated rings. The lowest BCUT2D eigenvalue weighted by molar-refractivity contribution is -0.115. The summed E-state index contributed by atoms with van der Waals surface area (Å²) in [5.74, 6) is 0.169. The number of anilines is 3. The normalized spacial score (nSPS) is 11.2. The number of hydrogen-bond acceptors (Lipinski definition) is 7. The average molecular weight is 392 g/mol. The molecular weight excluding hydrogens is 364 g/mol. The molecule has 0 radical (unpaired) electrons. The highest BCUT2D eigenvalue weighted by Crippen LogP contribution is 2.19. The molecule has 2 aromatic rings. The number of nitrogens with zero attached hydrogens (tertiary/aromatic N) is 3. The average Bonchev–Trinajstić information content (AvgIpc) is 2.95. The van der Waals surface area contributed by atoms with Crippen molar-refractivity contribution in [3.63, 3.8) is 0 Å². The molecule has 2 heterocycles. The van der Waals surface area contributed by atoms with Crippen LogP contribution in [0.15, 0.2) is 20.2 Å². The van der Waals surface area contributed by atoms with Crippen LogP contribution in [-0.2, 0) is 11.3 Å². The molecule has 0 aliphatic rings. The van der Waals surface area contributed by atoms with Gasteiger partial charge in [0, 0.05) is 19.2 Å². The monoisotopic (exact) mass is 392 g/mol. The predicted octanol–water partition coefficient (Wildman–Crippen LogP) is 1.17. The molecule has 10 heteroatoms. The first kappa shape index (κ1) is 21.3. The van der Waals surface area contributed by atoms with E-state index in [2.05, 4.69) is 15.5 Å². The van der Waals surface area contributed by atoms with Crippen molar-refractivity contribution in [2.45, 2.75) is 41.2 Å². The topological polar surface area (TPSA) is 139 Å². The van der Waals surface area contributed by atoms with Crippen LogP contribution >= 0.6 is 0 Å². The number of H-pyrrole nitrogens is 1. The number of carbonyl (C=O) groups excluding carboxylic acids is 1. The van der Waals surface area contributed by atoms with Crippen molar-refractivity contribution in [1.29, 1.82) is 0 Å². The number of aromatic amines is 1. The number of aryl methyl sites for hydroxylation is 1. The van der Waals surface area contributed by atoms with Gasteiger partial charge in [0.2, 0.25) is 11.8 Å². The summed E-state index contributed by atoms with van der Waals surface area (Å²) in [6.07, 6.45) is 0. The van der Waals surface area contributed by atoms with Crippen LogP contribution in [0.3, 0.4) is 0 Å². The number of nitrogen functional groups attached to an aromatic ring is 1. The van der Waals surface area contributed by atoms with Gasteiger partial charge < -0.3 is 15.2 Å². The second kappa shape index (κ2) is 8.77. The molecule has 0 spiro atoms. The summed E-state index contributed by atoms with van der Waals surface area (Å²) in [4.78, 5) is 41.0. The van der Waals surface area contributed by atoms with Gasteiger partial charge in [0.25, 0.3) is 5.56 Å². The highest BCUT2D eigenvalue weighted by Gasteiger charge is 2.22. The molecule has 2 aromatic heterocycles. The first-order valence-electron chi connectivity index (χ1n) is 9.19. The number of nitrogens with two attached hydrogens (primary N) is 1. The van der Waals surface area contributed by atoms with E-state index >= 15 is 0 Å². The van der Waals surface area contributed by atoms with Gasteiger partial charge in [-0.05, 0) is 18.8 Å².